The quantitative estimate of drug-likeness (QED) is 0.550. The fourth-order valence-corrected chi connectivity index (χ4v) is 3.20. The van der Waals surface area contributed by atoms with Gasteiger partial charge in [0.25, 0.3) is 0 Å². The average molecular weight is 362 g/mol. The molecule has 7 heteroatoms. The molecule has 0 radical (unpaired) electrons. The van der Waals surface area contributed by atoms with E-state index in [2.05, 4.69) is 15.3 Å². The molecule has 0 unspecified atom stereocenters. The van der Waals surface area contributed by atoms with Gasteiger partial charge in [0.2, 0.25) is 5.91 Å². The maximum Gasteiger partial charge on any atom is 0.234 e. The molecule has 0 atom stereocenters. The van der Waals surface area contributed by atoms with Gasteiger partial charge in [-0.05, 0) is 31.2 Å². The number of hydrogen-bond donors (Lipinski definition) is 1. The van der Waals surface area contributed by atoms with E-state index in [-0.39, 0.29) is 22.4 Å². The standard InChI is InChI=1S/C17H13ClFN3OS/c1-10-20-14-5-3-2-4-12(14)17(21-10)24-9-16(23)22-15-7-6-11(18)8-13(15)19/h2-8H,9H2,1H3,(H,22,23). The summed E-state index contributed by atoms with van der Waals surface area (Å²) in [5.74, 6) is -0.131. The van der Waals surface area contributed by atoms with Gasteiger partial charge in [-0.15, -0.1) is 0 Å². The van der Waals surface area contributed by atoms with Crippen molar-refractivity contribution >= 4 is 45.9 Å². The van der Waals surface area contributed by atoms with Crippen LogP contribution in [-0.4, -0.2) is 21.6 Å². The van der Waals surface area contributed by atoms with E-state index in [4.69, 9.17) is 11.6 Å². The fourth-order valence-electron chi connectivity index (χ4n) is 2.18. The van der Waals surface area contributed by atoms with Gasteiger partial charge in [-0.3, -0.25) is 4.79 Å². The minimum Gasteiger partial charge on any atom is -0.323 e. The van der Waals surface area contributed by atoms with Crippen molar-refractivity contribution in [1.82, 2.24) is 9.97 Å². The summed E-state index contributed by atoms with van der Waals surface area (Å²) in [6, 6.07) is 11.7. The predicted molar refractivity (Wildman–Crippen MR) is 95.0 cm³/mol. The predicted octanol–water partition coefficient (Wildman–Crippen LogP) is 4.46. The number of nitrogens with one attached hydrogen (secondary N) is 1. The van der Waals surface area contributed by atoms with Crippen LogP contribution in [0.5, 0.6) is 0 Å². The normalized spacial score (nSPS) is 10.8. The van der Waals surface area contributed by atoms with Crippen LogP contribution in [0.2, 0.25) is 5.02 Å². The summed E-state index contributed by atoms with van der Waals surface area (Å²) in [7, 11) is 0. The second kappa shape index (κ2) is 7.15. The first-order chi connectivity index (χ1) is 11.5. The first-order valence-electron chi connectivity index (χ1n) is 7.14. The summed E-state index contributed by atoms with van der Waals surface area (Å²) in [6.45, 7) is 1.81. The number of halogens is 2. The van der Waals surface area contributed by atoms with E-state index in [1.54, 1.807) is 6.92 Å². The Morgan fingerprint density at radius 1 is 1.25 bits per heavy atom. The molecule has 4 nitrogen and oxygen atoms in total. The molecule has 1 amide bonds. The van der Waals surface area contributed by atoms with E-state index >= 15 is 0 Å². The van der Waals surface area contributed by atoms with Crippen LogP contribution in [0.1, 0.15) is 5.82 Å². The lowest BCUT2D eigenvalue weighted by Crippen LogP contribution is -2.15. The Morgan fingerprint density at radius 2 is 2.04 bits per heavy atom. The number of thioether (sulfide) groups is 1. The van der Waals surface area contributed by atoms with Crippen molar-refractivity contribution < 1.29 is 9.18 Å². The van der Waals surface area contributed by atoms with E-state index in [1.165, 1.54) is 23.9 Å². The topological polar surface area (TPSA) is 54.9 Å². The third-order valence-electron chi connectivity index (χ3n) is 3.23. The molecular formula is C17H13ClFN3OS. The molecular weight excluding hydrogens is 349 g/mol. The van der Waals surface area contributed by atoms with E-state index in [9.17, 15) is 9.18 Å². The number of anilines is 1. The number of carbonyl (C=O) groups is 1. The Bertz CT molecular complexity index is 919. The van der Waals surface area contributed by atoms with Gasteiger partial charge in [-0.1, -0.05) is 41.6 Å². The number of hydrogen-bond acceptors (Lipinski definition) is 4. The van der Waals surface area contributed by atoms with Gasteiger partial charge in [0, 0.05) is 10.4 Å². The maximum atomic E-state index is 13.7. The van der Waals surface area contributed by atoms with Crippen LogP contribution in [-0.2, 0) is 4.79 Å². The third-order valence-corrected chi connectivity index (χ3v) is 4.45. The van der Waals surface area contributed by atoms with Gasteiger partial charge in [-0.2, -0.15) is 0 Å². The van der Waals surface area contributed by atoms with Crippen LogP contribution in [0.3, 0.4) is 0 Å². The van der Waals surface area contributed by atoms with Crippen molar-refractivity contribution in [2.24, 2.45) is 0 Å². The van der Waals surface area contributed by atoms with E-state index in [1.807, 2.05) is 24.3 Å². The van der Waals surface area contributed by atoms with Gasteiger partial charge in [0.15, 0.2) is 0 Å². The van der Waals surface area contributed by atoms with Crippen LogP contribution < -0.4 is 5.32 Å². The molecule has 0 aliphatic carbocycles. The summed E-state index contributed by atoms with van der Waals surface area (Å²) in [6.07, 6.45) is 0. The van der Waals surface area contributed by atoms with Gasteiger partial charge < -0.3 is 5.32 Å². The number of nitrogens with zero attached hydrogens (tertiary/aromatic N) is 2. The molecule has 0 bridgehead atoms. The lowest BCUT2D eigenvalue weighted by Gasteiger charge is -2.08. The minimum absolute atomic E-state index is 0.105. The number of fused-ring (bicyclic) bond motifs is 1. The van der Waals surface area contributed by atoms with Gasteiger partial charge in [0.1, 0.15) is 16.7 Å². The zero-order chi connectivity index (χ0) is 17.1. The van der Waals surface area contributed by atoms with Crippen molar-refractivity contribution in [1.29, 1.82) is 0 Å². The highest BCUT2D eigenvalue weighted by Crippen LogP contribution is 2.25. The number of aryl methyl sites for hydroxylation is 1. The van der Waals surface area contributed by atoms with Crippen molar-refractivity contribution in [3.8, 4) is 0 Å². The zero-order valence-corrected chi connectivity index (χ0v) is 14.3. The number of benzene rings is 2. The maximum absolute atomic E-state index is 13.7. The molecule has 0 aliphatic rings. The number of rotatable bonds is 4. The van der Waals surface area contributed by atoms with Gasteiger partial charge in [-0.25, -0.2) is 14.4 Å². The molecule has 0 spiro atoms. The Hall–Kier alpha value is -2.18. The van der Waals surface area contributed by atoms with Gasteiger partial charge in [0.05, 0.1) is 17.0 Å². The first kappa shape index (κ1) is 16.7. The Labute approximate surface area is 147 Å². The molecule has 0 aliphatic heterocycles. The Morgan fingerprint density at radius 3 is 2.83 bits per heavy atom. The number of para-hydroxylation sites is 1. The number of aromatic nitrogens is 2. The summed E-state index contributed by atoms with van der Waals surface area (Å²) in [5, 5.41) is 4.43. The number of amides is 1. The number of carbonyl (C=O) groups excluding carboxylic acids is 1. The van der Waals surface area contributed by atoms with Crippen molar-refractivity contribution in [2.75, 3.05) is 11.1 Å². The van der Waals surface area contributed by atoms with Crippen LogP contribution in [0, 0.1) is 12.7 Å². The second-order valence-corrected chi connectivity index (χ2v) is 6.45. The first-order valence-corrected chi connectivity index (χ1v) is 8.50. The minimum atomic E-state index is -0.566. The van der Waals surface area contributed by atoms with E-state index in [0.29, 0.717) is 5.82 Å². The van der Waals surface area contributed by atoms with Crippen molar-refractivity contribution in [2.45, 2.75) is 11.9 Å². The third kappa shape index (κ3) is 3.83. The monoisotopic (exact) mass is 361 g/mol. The molecule has 0 saturated heterocycles. The molecule has 122 valence electrons. The molecule has 24 heavy (non-hydrogen) atoms. The second-order valence-electron chi connectivity index (χ2n) is 5.05. The van der Waals surface area contributed by atoms with Crippen LogP contribution in [0.25, 0.3) is 10.9 Å². The fraction of sp³-hybridized carbons (Fsp3) is 0.118. The smallest absolute Gasteiger partial charge is 0.234 e. The lowest BCUT2D eigenvalue weighted by atomic mass is 10.2. The summed E-state index contributed by atoms with van der Waals surface area (Å²) >= 11 is 6.98. The Kier molecular flexibility index (Phi) is 4.97. The van der Waals surface area contributed by atoms with Gasteiger partial charge >= 0.3 is 0 Å². The van der Waals surface area contributed by atoms with Crippen molar-refractivity contribution in [3.63, 3.8) is 0 Å². The summed E-state index contributed by atoms with van der Waals surface area (Å²) < 4.78 is 13.7. The highest BCUT2D eigenvalue weighted by molar-refractivity contribution is 8.00. The van der Waals surface area contributed by atoms with Crippen molar-refractivity contribution in [3.05, 3.63) is 59.1 Å². The summed E-state index contributed by atoms with van der Waals surface area (Å²) in [4.78, 5) is 20.8. The van der Waals surface area contributed by atoms with Crippen LogP contribution in [0.15, 0.2) is 47.5 Å². The molecule has 0 fully saturated rings. The molecule has 2 aromatic carbocycles. The molecule has 3 aromatic rings. The molecule has 1 aromatic heterocycles. The zero-order valence-electron chi connectivity index (χ0n) is 12.7. The van der Waals surface area contributed by atoms with E-state index in [0.717, 1.165) is 22.0 Å². The molecule has 0 saturated carbocycles. The SMILES string of the molecule is Cc1nc(SCC(=O)Nc2ccc(Cl)cc2F)c2ccccc2n1. The summed E-state index contributed by atoms with van der Waals surface area (Å²) in [5.41, 5.74) is 0.936. The van der Waals surface area contributed by atoms with E-state index < -0.39 is 5.82 Å². The Balaban J connectivity index is 1.73. The highest BCUT2D eigenvalue weighted by atomic mass is 35.5. The van der Waals surface area contributed by atoms with Crippen LogP contribution in [0.4, 0.5) is 10.1 Å². The lowest BCUT2D eigenvalue weighted by molar-refractivity contribution is -0.113. The highest BCUT2D eigenvalue weighted by Gasteiger charge is 2.11. The largest absolute Gasteiger partial charge is 0.323 e. The molecule has 3 rings (SSSR count). The average Bonchev–Trinajstić information content (AvgIpc) is 2.55. The molecule has 1 N–H and O–H groups in total. The molecule has 1 heterocycles. The van der Waals surface area contributed by atoms with Crippen LogP contribution >= 0.6 is 23.4 Å².